The second kappa shape index (κ2) is 4.25. The van der Waals surface area contributed by atoms with Crippen LogP contribution in [0, 0.1) is 22.9 Å². The minimum atomic E-state index is -0.677. The van der Waals surface area contributed by atoms with Crippen molar-refractivity contribution in [3.05, 3.63) is 50.5 Å². The second-order valence-electron chi connectivity index (χ2n) is 3.41. The van der Waals surface area contributed by atoms with Crippen molar-refractivity contribution in [3.63, 3.8) is 0 Å². The van der Waals surface area contributed by atoms with Crippen molar-refractivity contribution in [2.75, 3.05) is 0 Å². The molecule has 0 atom stereocenters. The number of benzene rings is 1. The monoisotopic (exact) mass is 299 g/mol. The summed E-state index contributed by atoms with van der Waals surface area (Å²) in [5, 5.41) is 14.9. The van der Waals surface area contributed by atoms with Crippen LogP contribution in [0.5, 0.6) is 0 Å². The van der Waals surface area contributed by atoms with E-state index in [0.29, 0.717) is 0 Å². The molecule has 2 aromatic rings. The number of nitrogens with zero attached hydrogens (tertiary/aromatic N) is 3. The zero-order valence-corrected chi connectivity index (χ0v) is 10.3. The third-order valence-electron chi connectivity index (χ3n) is 2.18. The fourth-order valence-electron chi connectivity index (χ4n) is 1.40. The molecule has 0 N–H and O–H groups in total. The number of hydrogen-bond donors (Lipinski definition) is 0. The SMILES string of the molecule is Cc1ccn(-c2cc(Br)c(F)cc2[N+](=O)[O-])n1. The number of halogens is 2. The Morgan fingerprint density at radius 3 is 2.76 bits per heavy atom. The van der Waals surface area contributed by atoms with Gasteiger partial charge in [-0.1, -0.05) is 0 Å². The highest BCUT2D eigenvalue weighted by molar-refractivity contribution is 9.10. The molecule has 0 amide bonds. The molecule has 5 nitrogen and oxygen atoms in total. The van der Waals surface area contributed by atoms with E-state index in [0.717, 1.165) is 11.8 Å². The normalized spacial score (nSPS) is 10.5. The number of aromatic nitrogens is 2. The van der Waals surface area contributed by atoms with Crippen LogP contribution in [-0.2, 0) is 0 Å². The minimum absolute atomic E-state index is 0.159. The molecule has 0 bridgehead atoms. The molecule has 0 aliphatic heterocycles. The van der Waals surface area contributed by atoms with Crippen molar-refractivity contribution in [3.8, 4) is 5.69 Å². The molecular formula is C10H7BrFN3O2. The molecule has 1 aromatic heterocycles. The molecule has 1 heterocycles. The first-order valence-corrected chi connectivity index (χ1v) is 5.44. The van der Waals surface area contributed by atoms with Crippen molar-refractivity contribution in [1.29, 1.82) is 0 Å². The van der Waals surface area contributed by atoms with Crippen molar-refractivity contribution >= 4 is 21.6 Å². The van der Waals surface area contributed by atoms with Gasteiger partial charge in [0.15, 0.2) is 0 Å². The van der Waals surface area contributed by atoms with Gasteiger partial charge in [-0.3, -0.25) is 10.1 Å². The standard InChI is InChI=1S/C10H7BrFN3O2/c1-6-2-3-14(13-6)9-4-7(11)8(12)5-10(9)15(16)17/h2-5H,1H3. The van der Waals surface area contributed by atoms with E-state index in [1.54, 1.807) is 19.2 Å². The molecule has 0 aliphatic carbocycles. The highest BCUT2D eigenvalue weighted by atomic mass is 79.9. The van der Waals surface area contributed by atoms with Crippen molar-refractivity contribution in [1.82, 2.24) is 9.78 Å². The van der Waals surface area contributed by atoms with Gasteiger partial charge in [-0.05, 0) is 35.0 Å². The van der Waals surface area contributed by atoms with E-state index in [-0.39, 0.29) is 15.8 Å². The maximum Gasteiger partial charge on any atom is 0.297 e. The first-order valence-electron chi connectivity index (χ1n) is 4.65. The number of aryl methyl sites for hydroxylation is 1. The summed E-state index contributed by atoms with van der Waals surface area (Å²) < 4.78 is 14.8. The van der Waals surface area contributed by atoms with Gasteiger partial charge in [0, 0.05) is 6.20 Å². The van der Waals surface area contributed by atoms with E-state index in [1.807, 2.05) is 0 Å². The molecule has 0 unspecified atom stereocenters. The molecule has 2 rings (SSSR count). The predicted molar refractivity (Wildman–Crippen MR) is 62.6 cm³/mol. The van der Waals surface area contributed by atoms with Gasteiger partial charge >= 0.3 is 0 Å². The Balaban J connectivity index is 2.67. The van der Waals surface area contributed by atoms with Crippen LogP contribution in [0.25, 0.3) is 5.69 Å². The summed E-state index contributed by atoms with van der Waals surface area (Å²) in [6.07, 6.45) is 1.59. The van der Waals surface area contributed by atoms with Gasteiger partial charge in [-0.25, -0.2) is 9.07 Å². The summed E-state index contributed by atoms with van der Waals surface area (Å²) in [5.74, 6) is -0.677. The summed E-state index contributed by atoms with van der Waals surface area (Å²) in [7, 11) is 0. The first kappa shape index (κ1) is 11.7. The summed E-state index contributed by atoms with van der Waals surface area (Å²) in [5.41, 5.74) is 0.616. The Morgan fingerprint density at radius 2 is 2.24 bits per heavy atom. The topological polar surface area (TPSA) is 61.0 Å². The van der Waals surface area contributed by atoms with Crippen LogP contribution in [-0.4, -0.2) is 14.7 Å². The Kier molecular flexibility index (Phi) is 2.93. The van der Waals surface area contributed by atoms with Crippen LogP contribution in [0.15, 0.2) is 28.9 Å². The lowest BCUT2D eigenvalue weighted by Gasteiger charge is -2.04. The number of rotatable bonds is 2. The molecule has 0 fully saturated rings. The van der Waals surface area contributed by atoms with Gasteiger partial charge in [-0.15, -0.1) is 0 Å². The summed E-state index contributed by atoms with van der Waals surface area (Å²) in [6, 6.07) is 3.91. The van der Waals surface area contributed by atoms with Crippen molar-refractivity contribution in [2.45, 2.75) is 6.92 Å². The predicted octanol–water partition coefficient (Wildman–Crippen LogP) is 2.99. The summed E-state index contributed by atoms with van der Waals surface area (Å²) >= 11 is 2.99. The fraction of sp³-hybridized carbons (Fsp3) is 0.100. The zero-order valence-electron chi connectivity index (χ0n) is 8.72. The van der Waals surface area contributed by atoms with Crippen LogP contribution in [0.4, 0.5) is 10.1 Å². The highest BCUT2D eigenvalue weighted by Gasteiger charge is 2.19. The lowest BCUT2D eigenvalue weighted by atomic mass is 10.2. The zero-order chi connectivity index (χ0) is 12.6. The van der Waals surface area contributed by atoms with E-state index in [1.165, 1.54) is 10.7 Å². The van der Waals surface area contributed by atoms with Crippen LogP contribution in [0.1, 0.15) is 5.69 Å². The molecule has 7 heteroatoms. The van der Waals surface area contributed by atoms with E-state index >= 15 is 0 Å². The third kappa shape index (κ3) is 2.19. The molecule has 0 aliphatic rings. The number of nitro benzene ring substituents is 1. The largest absolute Gasteiger partial charge is 0.297 e. The lowest BCUT2D eigenvalue weighted by Crippen LogP contribution is -2.02. The Labute approximate surface area is 104 Å². The van der Waals surface area contributed by atoms with E-state index in [4.69, 9.17) is 0 Å². The molecule has 88 valence electrons. The van der Waals surface area contributed by atoms with Gasteiger partial charge in [0.2, 0.25) is 0 Å². The first-order chi connectivity index (χ1) is 7.99. The van der Waals surface area contributed by atoms with Gasteiger partial charge in [0.25, 0.3) is 5.69 Å². The fourth-order valence-corrected chi connectivity index (χ4v) is 1.74. The quantitative estimate of drug-likeness (QED) is 0.632. The van der Waals surface area contributed by atoms with E-state index in [9.17, 15) is 14.5 Å². The molecule has 0 saturated heterocycles. The average molecular weight is 300 g/mol. The smallest absolute Gasteiger partial charge is 0.258 e. The Hall–Kier alpha value is -1.76. The average Bonchev–Trinajstić information content (AvgIpc) is 2.68. The van der Waals surface area contributed by atoms with Gasteiger partial charge in [-0.2, -0.15) is 5.10 Å². The van der Waals surface area contributed by atoms with Gasteiger partial charge < -0.3 is 0 Å². The molecule has 0 saturated carbocycles. The number of hydrogen-bond acceptors (Lipinski definition) is 3. The van der Waals surface area contributed by atoms with Crippen LogP contribution in [0.3, 0.4) is 0 Å². The van der Waals surface area contributed by atoms with E-state index < -0.39 is 10.7 Å². The Bertz CT molecular complexity index is 597. The molecular weight excluding hydrogens is 293 g/mol. The molecule has 0 spiro atoms. The Morgan fingerprint density at radius 1 is 1.53 bits per heavy atom. The molecule has 1 aromatic carbocycles. The maximum absolute atomic E-state index is 13.3. The van der Waals surface area contributed by atoms with Crippen molar-refractivity contribution < 1.29 is 9.31 Å². The van der Waals surface area contributed by atoms with Crippen LogP contribution < -0.4 is 0 Å². The van der Waals surface area contributed by atoms with E-state index in [2.05, 4.69) is 21.0 Å². The highest BCUT2D eigenvalue weighted by Crippen LogP contribution is 2.28. The number of nitro groups is 1. The third-order valence-corrected chi connectivity index (χ3v) is 2.79. The van der Waals surface area contributed by atoms with Crippen LogP contribution in [0.2, 0.25) is 0 Å². The lowest BCUT2D eigenvalue weighted by molar-refractivity contribution is -0.384. The molecule has 0 radical (unpaired) electrons. The molecule has 17 heavy (non-hydrogen) atoms. The van der Waals surface area contributed by atoms with Gasteiger partial charge in [0.1, 0.15) is 11.5 Å². The second-order valence-corrected chi connectivity index (χ2v) is 4.27. The van der Waals surface area contributed by atoms with Gasteiger partial charge in [0.05, 0.1) is 21.2 Å². The maximum atomic E-state index is 13.3. The van der Waals surface area contributed by atoms with Crippen LogP contribution >= 0.6 is 15.9 Å². The summed E-state index contributed by atoms with van der Waals surface area (Å²) in [6.45, 7) is 1.76. The summed E-state index contributed by atoms with van der Waals surface area (Å²) in [4.78, 5) is 10.2. The van der Waals surface area contributed by atoms with Crippen molar-refractivity contribution in [2.24, 2.45) is 0 Å². The minimum Gasteiger partial charge on any atom is -0.258 e.